The predicted octanol–water partition coefficient (Wildman–Crippen LogP) is 4.00. The second-order valence-electron chi connectivity index (χ2n) is 6.36. The van der Waals surface area contributed by atoms with Crippen LogP contribution in [0.2, 0.25) is 0 Å². The molecule has 0 spiro atoms. The van der Waals surface area contributed by atoms with Crippen LogP contribution in [0.1, 0.15) is 62.9 Å². The van der Waals surface area contributed by atoms with Gasteiger partial charge in [-0.15, -0.1) is 11.3 Å². The zero-order valence-electron chi connectivity index (χ0n) is 13.4. The van der Waals surface area contributed by atoms with Crippen molar-refractivity contribution in [3.05, 3.63) is 10.6 Å². The fraction of sp³-hybridized carbons (Fsp3) is 0.812. The van der Waals surface area contributed by atoms with E-state index in [0.717, 1.165) is 31.5 Å². The van der Waals surface area contributed by atoms with E-state index in [1.165, 1.54) is 41.4 Å². The van der Waals surface area contributed by atoms with Crippen molar-refractivity contribution < 1.29 is 0 Å². The Morgan fingerprint density at radius 1 is 1.40 bits per heavy atom. The van der Waals surface area contributed by atoms with Crippen LogP contribution in [-0.4, -0.2) is 25.1 Å². The van der Waals surface area contributed by atoms with Gasteiger partial charge in [0.1, 0.15) is 0 Å². The summed E-state index contributed by atoms with van der Waals surface area (Å²) in [6.07, 6.45) is 5.09. The normalized spacial score (nSPS) is 15.1. The number of nitrogens with zero attached hydrogens (tertiary/aromatic N) is 2. The summed E-state index contributed by atoms with van der Waals surface area (Å²) in [6.45, 7) is 9.98. The van der Waals surface area contributed by atoms with Gasteiger partial charge in [0, 0.05) is 30.9 Å². The van der Waals surface area contributed by atoms with Crippen molar-refractivity contribution in [3.63, 3.8) is 0 Å². The summed E-state index contributed by atoms with van der Waals surface area (Å²) in [6, 6.07) is 0. The number of hydrogen-bond acceptors (Lipinski definition) is 4. The average Bonchev–Trinajstić information content (AvgIpc) is 3.17. The summed E-state index contributed by atoms with van der Waals surface area (Å²) in [7, 11) is 2.18. The lowest BCUT2D eigenvalue weighted by molar-refractivity contribution is 0.584. The van der Waals surface area contributed by atoms with Crippen molar-refractivity contribution in [1.29, 1.82) is 0 Å². The molecule has 0 unspecified atom stereocenters. The molecule has 0 aromatic carbocycles. The topological polar surface area (TPSA) is 28.2 Å². The van der Waals surface area contributed by atoms with Crippen LogP contribution in [-0.2, 0) is 6.54 Å². The quantitative estimate of drug-likeness (QED) is 0.698. The number of nitrogens with one attached hydrogen (secondary N) is 1. The molecule has 0 saturated heterocycles. The molecule has 4 heteroatoms. The summed E-state index contributed by atoms with van der Waals surface area (Å²) in [5.74, 6) is 1.50. The molecule has 20 heavy (non-hydrogen) atoms. The Hall–Kier alpha value is -0.610. The van der Waals surface area contributed by atoms with E-state index in [0.29, 0.717) is 0 Å². The molecule has 1 saturated carbocycles. The maximum atomic E-state index is 4.93. The first-order valence-electron chi connectivity index (χ1n) is 8.03. The first kappa shape index (κ1) is 15.8. The molecule has 1 aliphatic rings. The summed E-state index contributed by atoms with van der Waals surface area (Å²) in [4.78, 5) is 8.73. The van der Waals surface area contributed by atoms with Gasteiger partial charge in [-0.3, -0.25) is 0 Å². The number of anilines is 1. The van der Waals surface area contributed by atoms with E-state index in [2.05, 4.69) is 38.0 Å². The highest BCUT2D eigenvalue weighted by molar-refractivity contribution is 7.15. The van der Waals surface area contributed by atoms with Crippen LogP contribution in [0.4, 0.5) is 5.13 Å². The Balaban J connectivity index is 2.00. The van der Waals surface area contributed by atoms with E-state index in [4.69, 9.17) is 4.98 Å². The van der Waals surface area contributed by atoms with Crippen LogP contribution in [0.25, 0.3) is 0 Å². The lowest BCUT2D eigenvalue weighted by Crippen LogP contribution is -2.19. The van der Waals surface area contributed by atoms with Crippen LogP contribution < -0.4 is 10.2 Å². The number of thiazole rings is 1. The molecule has 1 N–H and O–H groups in total. The Bertz CT molecular complexity index is 410. The molecule has 0 atom stereocenters. The summed E-state index contributed by atoms with van der Waals surface area (Å²) in [5, 5.41) is 4.74. The van der Waals surface area contributed by atoms with Gasteiger partial charge >= 0.3 is 0 Å². The highest BCUT2D eigenvalue weighted by Gasteiger charge is 2.30. The monoisotopic (exact) mass is 295 g/mol. The summed E-state index contributed by atoms with van der Waals surface area (Å²) in [5.41, 5.74) is 1.38. The molecule has 114 valence electrons. The van der Waals surface area contributed by atoms with E-state index < -0.39 is 0 Å². The Morgan fingerprint density at radius 2 is 2.15 bits per heavy atom. The second-order valence-corrected chi connectivity index (χ2v) is 7.42. The summed E-state index contributed by atoms with van der Waals surface area (Å²) < 4.78 is 0. The molecule has 0 bridgehead atoms. The molecule has 1 heterocycles. The minimum atomic E-state index is 0.747. The Morgan fingerprint density at radius 3 is 2.75 bits per heavy atom. The molecule has 0 radical (unpaired) electrons. The van der Waals surface area contributed by atoms with Crippen molar-refractivity contribution in [2.75, 3.05) is 25.0 Å². The third-order valence-electron chi connectivity index (χ3n) is 3.76. The predicted molar refractivity (Wildman–Crippen MR) is 88.8 cm³/mol. The van der Waals surface area contributed by atoms with Gasteiger partial charge in [-0.2, -0.15) is 0 Å². The van der Waals surface area contributed by atoms with Gasteiger partial charge < -0.3 is 10.2 Å². The van der Waals surface area contributed by atoms with E-state index in [1.54, 1.807) is 0 Å². The molecule has 1 aliphatic carbocycles. The van der Waals surface area contributed by atoms with Gasteiger partial charge in [0.25, 0.3) is 0 Å². The van der Waals surface area contributed by atoms with Crippen LogP contribution in [0.3, 0.4) is 0 Å². The van der Waals surface area contributed by atoms with E-state index >= 15 is 0 Å². The minimum absolute atomic E-state index is 0.747. The van der Waals surface area contributed by atoms with Crippen LogP contribution in [0.5, 0.6) is 0 Å². The number of aromatic nitrogens is 1. The molecular weight excluding hydrogens is 266 g/mol. The van der Waals surface area contributed by atoms with Crippen molar-refractivity contribution in [2.24, 2.45) is 5.92 Å². The number of hydrogen-bond donors (Lipinski definition) is 1. The Labute approximate surface area is 127 Å². The van der Waals surface area contributed by atoms with E-state index in [-0.39, 0.29) is 0 Å². The van der Waals surface area contributed by atoms with Crippen molar-refractivity contribution in [2.45, 2.75) is 58.9 Å². The van der Waals surface area contributed by atoms with Gasteiger partial charge in [-0.1, -0.05) is 20.8 Å². The third kappa shape index (κ3) is 4.45. The standard InChI is InChI=1S/C16H29N3S/c1-5-9-17-11-14-15(13-6-7-13)18-16(20-14)19(4)10-8-12(2)3/h12-13,17H,5-11H2,1-4H3. The van der Waals surface area contributed by atoms with Gasteiger partial charge in [-0.25, -0.2) is 4.98 Å². The lowest BCUT2D eigenvalue weighted by Gasteiger charge is -2.16. The highest BCUT2D eigenvalue weighted by Crippen LogP contribution is 2.44. The fourth-order valence-electron chi connectivity index (χ4n) is 2.24. The maximum Gasteiger partial charge on any atom is 0.185 e. The largest absolute Gasteiger partial charge is 0.351 e. The lowest BCUT2D eigenvalue weighted by atomic mass is 10.1. The Kier molecular flexibility index (Phi) is 5.85. The average molecular weight is 295 g/mol. The van der Waals surface area contributed by atoms with Crippen LogP contribution >= 0.6 is 11.3 Å². The smallest absolute Gasteiger partial charge is 0.185 e. The zero-order valence-corrected chi connectivity index (χ0v) is 14.2. The van der Waals surface area contributed by atoms with Crippen LogP contribution in [0.15, 0.2) is 0 Å². The molecule has 2 rings (SSSR count). The number of rotatable bonds is 9. The van der Waals surface area contributed by atoms with Gasteiger partial charge in [-0.05, 0) is 38.1 Å². The van der Waals surface area contributed by atoms with Gasteiger partial charge in [0.2, 0.25) is 0 Å². The molecule has 1 aromatic heterocycles. The molecule has 1 aromatic rings. The van der Waals surface area contributed by atoms with Crippen LogP contribution in [0, 0.1) is 5.92 Å². The first-order valence-corrected chi connectivity index (χ1v) is 8.84. The van der Waals surface area contributed by atoms with Crippen molar-refractivity contribution in [3.8, 4) is 0 Å². The van der Waals surface area contributed by atoms with Gasteiger partial charge in [0.15, 0.2) is 5.13 Å². The molecule has 0 aliphatic heterocycles. The van der Waals surface area contributed by atoms with Crippen molar-refractivity contribution in [1.82, 2.24) is 10.3 Å². The molecule has 3 nitrogen and oxygen atoms in total. The first-order chi connectivity index (χ1) is 9.61. The third-order valence-corrected chi connectivity index (χ3v) is 4.95. The van der Waals surface area contributed by atoms with E-state index in [9.17, 15) is 0 Å². The highest BCUT2D eigenvalue weighted by atomic mass is 32.1. The fourth-order valence-corrected chi connectivity index (χ4v) is 3.35. The minimum Gasteiger partial charge on any atom is -0.351 e. The second kappa shape index (κ2) is 7.41. The zero-order chi connectivity index (χ0) is 14.5. The van der Waals surface area contributed by atoms with E-state index in [1.807, 2.05) is 11.3 Å². The summed E-state index contributed by atoms with van der Waals surface area (Å²) >= 11 is 1.89. The molecular formula is C16H29N3S. The maximum absolute atomic E-state index is 4.93. The van der Waals surface area contributed by atoms with Gasteiger partial charge in [0.05, 0.1) is 5.69 Å². The molecule has 0 amide bonds. The SMILES string of the molecule is CCCNCc1sc(N(C)CCC(C)C)nc1C1CC1. The molecule has 1 fully saturated rings. The van der Waals surface area contributed by atoms with Crippen molar-refractivity contribution >= 4 is 16.5 Å².